The maximum absolute atomic E-state index is 12.5. The lowest BCUT2D eigenvalue weighted by molar-refractivity contribution is -0.121. The quantitative estimate of drug-likeness (QED) is 0.761. The van der Waals surface area contributed by atoms with Gasteiger partial charge >= 0.3 is 0 Å². The van der Waals surface area contributed by atoms with Gasteiger partial charge in [-0.2, -0.15) is 0 Å². The molecule has 1 aliphatic rings. The maximum atomic E-state index is 12.5. The monoisotopic (exact) mass is 380 g/mol. The molecule has 1 amide bonds. The second-order valence-corrected chi connectivity index (χ2v) is 10.2. The highest BCUT2D eigenvalue weighted by Crippen LogP contribution is 2.20. The Kier molecular flexibility index (Phi) is 7.24. The zero-order valence-electron chi connectivity index (χ0n) is 16.2. The SMILES string of the molecule is CC(C)(C)CNC(=O)CCc1ccc(S(=O)(=O)NC2CCCCC2)cc1. The number of hydrogen-bond donors (Lipinski definition) is 2. The van der Waals surface area contributed by atoms with E-state index in [-0.39, 0.29) is 17.4 Å². The second-order valence-electron chi connectivity index (χ2n) is 8.44. The van der Waals surface area contributed by atoms with Crippen molar-refractivity contribution in [2.45, 2.75) is 76.7 Å². The van der Waals surface area contributed by atoms with Crippen molar-refractivity contribution in [1.29, 1.82) is 0 Å². The highest BCUT2D eigenvalue weighted by Gasteiger charge is 2.21. The molecule has 2 rings (SSSR count). The van der Waals surface area contributed by atoms with Crippen molar-refractivity contribution in [3.05, 3.63) is 29.8 Å². The fraction of sp³-hybridized carbons (Fsp3) is 0.650. The van der Waals surface area contributed by atoms with Crippen LogP contribution in [0.4, 0.5) is 0 Å². The van der Waals surface area contributed by atoms with Gasteiger partial charge in [-0.15, -0.1) is 0 Å². The van der Waals surface area contributed by atoms with E-state index in [0.717, 1.165) is 31.2 Å². The van der Waals surface area contributed by atoms with Gasteiger partial charge in [0.25, 0.3) is 0 Å². The van der Waals surface area contributed by atoms with Crippen LogP contribution in [0, 0.1) is 5.41 Å². The summed E-state index contributed by atoms with van der Waals surface area (Å²) in [4.78, 5) is 12.2. The van der Waals surface area contributed by atoms with Gasteiger partial charge in [0, 0.05) is 19.0 Å². The lowest BCUT2D eigenvalue weighted by Gasteiger charge is -2.22. The Bertz CT molecular complexity index is 685. The number of aryl methyl sites for hydroxylation is 1. The standard InChI is InChI=1S/C20H32N2O3S/c1-20(2,3)15-21-19(23)14-11-16-9-12-18(13-10-16)26(24,25)22-17-7-5-4-6-8-17/h9-10,12-13,17,22H,4-8,11,14-15H2,1-3H3,(H,21,23). The average molecular weight is 381 g/mol. The Labute approximate surface area is 158 Å². The summed E-state index contributed by atoms with van der Waals surface area (Å²) in [7, 11) is -3.46. The molecule has 0 unspecified atom stereocenters. The van der Waals surface area contributed by atoms with Gasteiger partial charge in [0.1, 0.15) is 0 Å². The summed E-state index contributed by atoms with van der Waals surface area (Å²) >= 11 is 0. The lowest BCUT2D eigenvalue weighted by atomic mass is 9.96. The third kappa shape index (κ3) is 7.08. The summed E-state index contributed by atoms with van der Waals surface area (Å²) < 4.78 is 27.8. The van der Waals surface area contributed by atoms with Crippen LogP contribution in [0.25, 0.3) is 0 Å². The Balaban J connectivity index is 1.86. The Morgan fingerprint density at radius 3 is 2.27 bits per heavy atom. The largest absolute Gasteiger partial charge is 0.356 e. The van der Waals surface area contributed by atoms with Gasteiger partial charge < -0.3 is 5.32 Å². The van der Waals surface area contributed by atoms with Crippen LogP contribution in [0.3, 0.4) is 0 Å². The second kappa shape index (κ2) is 9.00. The van der Waals surface area contributed by atoms with Crippen LogP contribution < -0.4 is 10.0 Å². The minimum atomic E-state index is -3.46. The smallest absolute Gasteiger partial charge is 0.240 e. The van der Waals surface area contributed by atoms with E-state index in [9.17, 15) is 13.2 Å². The van der Waals surface area contributed by atoms with Crippen molar-refractivity contribution in [3.8, 4) is 0 Å². The van der Waals surface area contributed by atoms with Crippen molar-refractivity contribution in [1.82, 2.24) is 10.0 Å². The summed E-state index contributed by atoms with van der Waals surface area (Å²) in [5, 5.41) is 2.93. The van der Waals surface area contributed by atoms with Crippen molar-refractivity contribution in [3.63, 3.8) is 0 Å². The minimum Gasteiger partial charge on any atom is -0.356 e. The fourth-order valence-corrected chi connectivity index (χ4v) is 4.36. The van der Waals surface area contributed by atoms with Gasteiger partial charge in [0.15, 0.2) is 0 Å². The van der Waals surface area contributed by atoms with Crippen LogP contribution in [0.15, 0.2) is 29.2 Å². The molecule has 0 bridgehead atoms. The predicted octanol–water partition coefficient (Wildman–Crippen LogP) is 3.39. The van der Waals surface area contributed by atoms with Crippen molar-refractivity contribution < 1.29 is 13.2 Å². The molecule has 146 valence electrons. The summed E-state index contributed by atoms with van der Waals surface area (Å²) in [5.41, 5.74) is 1.03. The lowest BCUT2D eigenvalue weighted by Crippen LogP contribution is -2.36. The third-order valence-corrected chi connectivity index (χ3v) is 6.15. The molecule has 0 atom stereocenters. The molecule has 1 fully saturated rings. The zero-order chi connectivity index (χ0) is 19.2. The van der Waals surface area contributed by atoms with E-state index in [0.29, 0.717) is 24.3 Å². The summed E-state index contributed by atoms with van der Waals surface area (Å²) in [6, 6.07) is 6.92. The minimum absolute atomic E-state index is 0.0237. The van der Waals surface area contributed by atoms with E-state index in [1.54, 1.807) is 24.3 Å². The summed E-state index contributed by atoms with van der Waals surface area (Å²) in [5.74, 6) is 0.0237. The molecule has 26 heavy (non-hydrogen) atoms. The number of nitrogens with one attached hydrogen (secondary N) is 2. The topological polar surface area (TPSA) is 75.3 Å². The van der Waals surface area contributed by atoms with E-state index in [4.69, 9.17) is 0 Å². The first-order valence-electron chi connectivity index (χ1n) is 9.54. The number of hydrogen-bond acceptors (Lipinski definition) is 3. The molecule has 0 radical (unpaired) electrons. The molecule has 1 saturated carbocycles. The first kappa shape index (κ1) is 20.9. The van der Waals surface area contributed by atoms with Gasteiger partial charge in [0.2, 0.25) is 15.9 Å². The Morgan fingerprint density at radius 2 is 1.69 bits per heavy atom. The Hall–Kier alpha value is -1.40. The van der Waals surface area contributed by atoms with Crippen LogP contribution in [0.5, 0.6) is 0 Å². The number of amides is 1. The van der Waals surface area contributed by atoms with E-state index in [1.165, 1.54) is 6.42 Å². The van der Waals surface area contributed by atoms with Crippen LogP contribution in [-0.2, 0) is 21.2 Å². The fourth-order valence-electron chi connectivity index (χ4n) is 3.05. The molecule has 0 heterocycles. The van der Waals surface area contributed by atoms with Crippen molar-refractivity contribution in [2.75, 3.05) is 6.54 Å². The van der Waals surface area contributed by atoms with E-state index in [2.05, 4.69) is 30.8 Å². The van der Waals surface area contributed by atoms with Gasteiger partial charge in [-0.25, -0.2) is 13.1 Å². The molecule has 0 spiro atoms. The third-order valence-electron chi connectivity index (χ3n) is 4.62. The first-order valence-corrected chi connectivity index (χ1v) is 11.0. The molecule has 2 N–H and O–H groups in total. The van der Waals surface area contributed by atoms with Gasteiger partial charge in [0.05, 0.1) is 4.90 Å². The maximum Gasteiger partial charge on any atom is 0.240 e. The van der Waals surface area contributed by atoms with Gasteiger partial charge in [-0.3, -0.25) is 4.79 Å². The van der Waals surface area contributed by atoms with Crippen molar-refractivity contribution in [2.24, 2.45) is 5.41 Å². The molecule has 1 aromatic rings. The zero-order valence-corrected chi connectivity index (χ0v) is 17.0. The van der Waals surface area contributed by atoms with Gasteiger partial charge in [-0.05, 0) is 42.4 Å². The number of benzene rings is 1. The number of carbonyl (C=O) groups excluding carboxylic acids is 1. The van der Waals surface area contributed by atoms with E-state index < -0.39 is 10.0 Å². The highest BCUT2D eigenvalue weighted by atomic mass is 32.2. The number of carbonyl (C=O) groups is 1. The molecular weight excluding hydrogens is 348 g/mol. The molecule has 0 aromatic heterocycles. The van der Waals surface area contributed by atoms with E-state index >= 15 is 0 Å². The number of rotatable bonds is 7. The van der Waals surface area contributed by atoms with Crippen molar-refractivity contribution >= 4 is 15.9 Å². The van der Waals surface area contributed by atoms with Crippen LogP contribution >= 0.6 is 0 Å². The molecular formula is C20H32N2O3S. The first-order chi connectivity index (χ1) is 12.2. The molecule has 1 aromatic carbocycles. The highest BCUT2D eigenvalue weighted by molar-refractivity contribution is 7.89. The van der Waals surface area contributed by atoms with Crippen LogP contribution in [0.1, 0.15) is 64.9 Å². The summed E-state index contributed by atoms with van der Waals surface area (Å²) in [6.45, 7) is 6.88. The molecule has 0 saturated heterocycles. The average Bonchev–Trinajstić information content (AvgIpc) is 2.58. The molecule has 1 aliphatic carbocycles. The van der Waals surface area contributed by atoms with Crippen LogP contribution in [-0.4, -0.2) is 26.9 Å². The number of sulfonamides is 1. The molecule has 6 heteroatoms. The summed E-state index contributed by atoms with van der Waals surface area (Å²) in [6.07, 6.45) is 6.21. The molecule has 5 nitrogen and oxygen atoms in total. The normalized spacial score (nSPS) is 16.4. The molecule has 0 aliphatic heterocycles. The van der Waals surface area contributed by atoms with Crippen LogP contribution in [0.2, 0.25) is 0 Å². The van der Waals surface area contributed by atoms with Gasteiger partial charge in [-0.1, -0.05) is 52.2 Å². The predicted molar refractivity (Wildman–Crippen MR) is 104 cm³/mol. The van der Waals surface area contributed by atoms with E-state index in [1.807, 2.05) is 0 Å². The Morgan fingerprint density at radius 1 is 1.08 bits per heavy atom.